The predicted molar refractivity (Wildman–Crippen MR) is 136 cm³/mol. The molecule has 2 heterocycles. The summed E-state index contributed by atoms with van der Waals surface area (Å²) >= 11 is -5.41. The number of morpholine rings is 2. The van der Waals surface area contributed by atoms with Crippen molar-refractivity contribution in [3.63, 3.8) is 0 Å². The SMILES string of the molecule is O=C(COc1ccc(N(N2CCOCC2)S(=O)[O-])cc1F)COc1ccc(N(N2CCOCC2)S(=O)[O-])cc1F. The van der Waals surface area contributed by atoms with Crippen LogP contribution >= 0.6 is 0 Å². The summed E-state index contributed by atoms with van der Waals surface area (Å²) in [5, 5.41) is 2.99. The number of Topliss-reactive ketones (excluding diaryl/α,β-unsaturated/α-hetero) is 1. The molecule has 0 bridgehead atoms. The molecule has 220 valence electrons. The molecule has 13 nitrogen and oxygen atoms in total. The van der Waals surface area contributed by atoms with Gasteiger partial charge < -0.3 is 28.1 Å². The molecule has 0 aliphatic carbocycles. The van der Waals surface area contributed by atoms with Crippen molar-refractivity contribution < 1.29 is 50.0 Å². The molecule has 2 aromatic rings. The summed E-state index contributed by atoms with van der Waals surface area (Å²) in [6.45, 7) is 1.30. The molecule has 2 aliphatic heterocycles. The van der Waals surface area contributed by atoms with E-state index in [9.17, 15) is 31.1 Å². The Balaban J connectivity index is 1.32. The number of rotatable bonds is 12. The summed E-state index contributed by atoms with van der Waals surface area (Å²) in [4.78, 5) is 12.2. The molecular weight excluding hydrogens is 578 g/mol. The summed E-state index contributed by atoms with van der Waals surface area (Å²) in [7, 11) is 0. The van der Waals surface area contributed by atoms with Gasteiger partial charge in [0, 0.05) is 38.3 Å². The zero-order chi connectivity index (χ0) is 28.6. The van der Waals surface area contributed by atoms with Crippen molar-refractivity contribution in [1.82, 2.24) is 10.0 Å². The van der Waals surface area contributed by atoms with Crippen LogP contribution in [0, 0.1) is 11.6 Å². The molecule has 17 heteroatoms. The van der Waals surface area contributed by atoms with E-state index in [4.69, 9.17) is 18.9 Å². The van der Waals surface area contributed by atoms with Crippen molar-refractivity contribution in [3.8, 4) is 11.5 Å². The first-order valence-electron chi connectivity index (χ1n) is 12.0. The molecule has 0 N–H and O–H groups in total. The second kappa shape index (κ2) is 14.2. The van der Waals surface area contributed by atoms with Crippen LogP contribution in [0.1, 0.15) is 0 Å². The van der Waals surface area contributed by atoms with Crippen LogP contribution in [-0.4, -0.2) is 99.1 Å². The minimum Gasteiger partial charge on any atom is -0.754 e. The molecule has 4 rings (SSSR count). The van der Waals surface area contributed by atoms with Gasteiger partial charge in [0.1, 0.15) is 0 Å². The van der Waals surface area contributed by atoms with Crippen molar-refractivity contribution in [2.24, 2.45) is 0 Å². The van der Waals surface area contributed by atoms with E-state index in [0.717, 1.165) is 21.0 Å². The van der Waals surface area contributed by atoms with Crippen LogP contribution in [0.4, 0.5) is 20.2 Å². The van der Waals surface area contributed by atoms with Gasteiger partial charge in [0.25, 0.3) is 0 Å². The summed E-state index contributed by atoms with van der Waals surface area (Å²) in [6.07, 6.45) is 0. The molecule has 0 aromatic heterocycles. The number of benzene rings is 2. The monoisotopic (exact) mass is 604 g/mol. The Bertz CT molecular complexity index is 1140. The fourth-order valence-electron chi connectivity index (χ4n) is 3.97. The lowest BCUT2D eigenvalue weighted by atomic mass is 10.3. The molecule has 2 atom stereocenters. The number of ketones is 1. The number of hydrazine groups is 2. The highest BCUT2D eigenvalue weighted by molar-refractivity contribution is 7.80. The molecule has 0 amide bonds. The summed E-state index contributed by atoms with van der Waals surface area (Å²) in [6, 6.07) is 6.98. The van der Waals surface area contributed by atoms with Gasteiger partial charge in [-0.15, -0.1) is 0 Å². The lowest BCUT2D eigenvalue weighted by Crippen LogP contribution is -2.49. The second-order valence-corrected chi connectivity index (χ2v) is 10.0. The largest absolute Gasteiger partial charge is 0.754 e. The Morgan fingerprint density at radius 2 is 1.15 bits per heavy atom. The van der Waals surface area contributed by atoms with Crippen molar-refractivity contribution in [3.05, 3.63) is 48.0 Å². The van der Waals surface area contributed by atoms with Gasteiger partial charge in [0.05, 0.1) is 60.3 Å². The smallest absolute Gasteiger partial charge is 0.207 e. The van der Waals surface area contributed by atoms with Crippen molar-refractivity contribution in [2.75, 3.05) is 74.6 Å². The highest BCUT2D eigenvalue weighted by Crippen LogP contribution is 2.28. The Morgan fingerprint density at radius 3 is 1.48 bits per heavy atom. The van der Waals surface area contributed by atoms with Gasteiger partial charge >= 0.3 is 0 Å². The normalized spacial score (nSPS) is 18.1. The Kier molecular flexibility index (Phi) is 10.7. The van der Waals surface area contributed by atoms with E-state index < -0.39 is 53.2 Å². The highest BCUT2D eigenvalue weighted by atomic mass is 32.2. The van der Waals surface area contributed by atoms with E-state index in [0.29, 0.717) is 52.6 Å². The minimum absolute atomic E-state index is 0.0432. The van der Waals surface area contributed by atoms with Crippen LogP contribution in [0.5, 0.6) is 11.5 Å². The van der Waals surface area contributed by atoms with Crippen LogP contribution in [0.25, 0.3) is 0 Å². The number of nitrogens with zero attached hydrogens (tertiary/aromatic N) is 4. The predicted octanol–water partition coefficient (Wildman–Crippen LogP) is 0.687. The lowest BCUT2D eigenvalue weighted by molar-refractivity contribution is -0.123. The van der Waals surface area contributed by atoms with Crippen LogP contribution in [-0.2, 0) is 36.8 Å². The Hall–Kier alpha value is -2.77. The maximum Gasteiger partial charge on any atom is 0.207 e. The van der Waals surface area contributed by atoms with Gasteiger partial charge in [-0.1, -0.05) is 0 Å². The number of halogens is 2. The van der Waals surface area contributed by atoms with E-state index >= 15 is 0 Å². The first kappa shape index (κ1) is 30.2. The molecule has 2 saturated heterocycles. The summed E-state index contributed by atoms with van der Waals surface area (Å²) in [5.74, 6) is -3.01. The molecule has 0 spiro atoms. The topological polar surface area (TPSA) is 147 Å². The minimum atomic E-state index is -2.70. The third-order valence-corrected chi connectivity index (χ3v) is 7.27. The number of ether oxygens (including phenoxy) is 4. The number of carbonyl (C=O) groups excluding carboxylic acids is 1. The van der Waals surface area contributed by atoms with Gasteiger partial charge in [-0.25, -0.2) is 27.6 Å². The first-order chi connectivity index (χ1) is 19.2. The van der Waals surface area contributed by atoms with E-state index in [1.165, 1.54) is 34.3 Å². The fraction of sp³-hybridized carbons (Fsp3) is 0.435. The second-order valence-electron chi connectivity index (χ2n) is 8.46. The van der Waals surface area contributed by atoms with Crippen LogP contribution in [0.15, 0.2) is 36.4 Å². The van der Waals surface area contributed by atoms with Gasteiger partial charge in [0.15, 0.2) is 36.3 Å². The number of hydrogen-bond donors (Lipinski definition) is 0. The van der Waals surface area contributed by atoms with Crippen molar-refractivity contribution in [2.45, 2.75) is 0 Å². The maximum absolute atomic E-state index is 14.6. The molecule has 2 aliphatic rings. The van der Waals surface area contributed by atoms with Crippen molar-refractivity contribution >= 4 is 39.7 Å². The van der Waals surface area contributed by atoms with E-state index in [-0.39, 0.29) is 22.9 Å². The van der Waals surface area contributed by atoms with Gasteiger partial charge in [-0.3, -0.25) is 13.2 Å². The zero-order valence-electron chi connectivity index (χ0n) is 21.1. The molecule has 2 unspecified atom stereocenters. The van der Waals surface area contributed by atoms with Crippen molar-refractivity contribution in [1.29, 1.82) is 0 Å². The maximum atomic E-state index is 14.6. The standard InChI is InChI=1S/C23H28F2N4O9S2/c24-20-13-17(28(39(31)32)26-5-9-35-10-6-26)1-3-22(20)37-15-19(30)16-38-23-4-2-18(14-21(23)25)29(40(33)34)27-7-11-36-12-8-27/h1-4,13-14H,5-12,15-16H2,(H,31,32)(H,33,34)/p-2. The lowest BCUT2D eigenvalue weighted by Gasteiger charge is -2.39. The van der Waals surface area contributed by atoms with Crippen LogP contribution in [0.3, 0.4) is 0 Å². The Morgan fingerprint density at radius 1 is 0.775 bits per heavy atom. The molecule has 0 radical (unpaired) electrons. The third-order valence-electron chi connectivity index (χ3n) is 5.82. The number of hydrogen-bond acceptors (Lipinski definition) is 11. The third kappa shape index (κ3) is 7.70. The van der Waals surface area contributed by atoms with Crippen LogP contribution < -0.4 is 18.3 Å². The van der Waals surface area contributed by atoms with Gasteiger partial charge in [-0.05, 0) is 24.3 Å². The van der Waals surface area contributed by atoms with Crippen LogP contribution in [0.2, 0.25) is 0 Å². The summed E-state index contributed by atoms with van der Waals surface area (Å²) < 4.78 is 98.9. The highest BCUT2D eigenvalue weighted by Gasteiger charge is 2.23. The average molecular weight is 605 g/mol. The van der Waals surface area contributed by atoms with E-state index in [1.54, 1.807) is 0 Å². The molecule has 40 heavy (non-hydrogen) atoms. The molecule has 2 fully saturated rings. The number of carbonyl (C=O) groups is 1. The molecule has 0 saturated carbocycles. The van der Waals surface area contributed by atoms with Gasteiger partial charge in [0.2, 0.25) is 5.78 Å². The average Bonchev–Trinajstić information content (AvgIpc) is 2.93. The van der Waals surface area contributed by atoms with Gasteiger partial charge in [-0.2, -0.15) is 0 Å². The summed E-state index contributed by atoms with van der Waals surface area (Å²) in [5.41, 5.74) is 0.0864. The number of anilines is 2. The molecule has 2 aromatic carbocycles. The molecular formula is C23H26F2N4O9S2-2. The first-order valence-corrected chi connectivity index (χ1v) is 14.1. The fourth-order valence-corrected chi connectivity index (χ4v) is 5.24. The van der Waals surface area contributed by atoms with E-state index in [1.807, 2.05) is 0 Å². The Labute approximate surface area is 233 Å². The van der Waals surface area contributed by atoms with E-state index in [2.05, 4.69) is 0 Å². The quantitative estimate of drug-likeness (QED) is 0.315. The zero-order valence-corrected chi connectivity index (χ0v) is 22.7.